The minimum atomic E-state index is -2.26. The summed E-state index contributed by atoms with van der Waals surface area (Å²) in [5.41, 5.74) is 0. The van der Waals surface area contributed by atoms with Crippen molar-refractivity contribution in [3.63, 3.8) is 0 Å². The Labute approximate surface area is 235 Å². The van der Waals surface area contributed by atoms with Crippen molar-refractivity contribution in [3.8, 4) is 0 Å². The quantitative estimate of drug-likeness (QED) is 0.114. The van der Waals surface area contributed by atoms with Gasteiger partial charge in [0.15, 0.2) is 30.7 Å². The van der Waals surface area contributed by atoms with Gasteiger partial charge < -0.3 is 48.0 Å². The molecule has 28 nitrogen and oxygen atoms in total. The Hall–Kier alpha value is -4.96. The van der Waals surface area contributed by atoms with Crippen molar-refractivity contribution in [2.45, 2.75) is 61.5 Å². The monoisotopic (exact) mass is 638 g/mol. The van der Waals surface area contributed by atoms with Gasteiger partial charge in [0, 0.05) is 20.1 Å². The summed E-state index contributed by atoms with van der Waals surface area (Å²) in [6.07, 6.45) is -18.6. The van der Waals surface area contributed by atoms with E-state index in [2.05, 4.69) is 29.0 Å². The molecule has 0 radical (unpaired) electrons. The molecule has 1 saturated carbocycles. The van der Waals surface area contributed by atoms with E-state index in [1.165, 1.54) is 0 Å². The predicted octanol–water partition coefficient (Wildman–Crippen LogP) is -2.13. The largest absolute Gasteiger partial charge is 0.379 e. The fourth-order valence-electron chi connectivity index (χ4n) is 4.59. The molecule has 0 aromatic heterocycles. The Balaban J connectivity index is 2.64. The normalized spacial score (nSPS) is 32.0. The first-order valence-electron chi connectivity index (χ1n) is 11.3. The van der Waals surface area contributed by atoms with Gasteiger partial charge in [0.05, 0.1) is 12.2 Å². The van der Waals surface area contributed by atoms with Gasteiger partial charge in [-0.05, 0) is 6.42 Å². The van der Waals surface area contributed by atoms with Crippen molar-refractivity contribution in [1.82, 2.24) is 0 Å². The van der Waals surface area contributed by atoms with Crippen LogP contribution >= 0.6 is 0 Å². The lowest BCUT2D eigenvalue weighted by Crippen LogP contribution is -2.65. The lowest BCUT2D eigenvalue weighted by Gasteiger charge is -2.48. The molecular weight excluding hydrogens is 616 g/mol. The van der Waals surface area contributed by atoms with Gasteiger partial charge in [0.25, 0.3) is 30.5 Å². The second-order valence-electron chi connectivity index (χ2n) is 8.33. The summed E-state index contributed by atoms with van der Waals surface area (Å²) in [7, 11) is 1.87. The number of hydrogen-bond acceptors (Lipinski definition) is 22. The molecule has 0 bridgehead atoms. The third-order valence-electron chi connectivity index (χ3n) is 6.01. The van der Waals surface area contributed by atoms with Crippen LogP contribution in [0.3, 0.4) is 0 Å². The minimum absolute atomic E-state index is 0.624. The van der Waals surface area contributed by atoms with E-state index in [9.17, 15) is 60.7 Å². The zero-order valence-corrected chi connectivity index (χ0v) is 21.6. The molecule has 0 aromatic carbocycles. The maximum absolute atomic E-state index is 11.3. The SMILES string of the molecule is CO[C@@H]1OC(CO[N+](=O)[O-])[C@@H](O[C@@H]2CC(CO[N+](=O)[O-])[C@@H](OC)C(O[N+](=O)[O-])C2O[N+](=O)[O-])C(O[N+](=O)[O-])C1O[N+](=O)[O-]. The molecule has 1 saturated heterocycles. The fraction of sp³-hybridized carbons (Fsp3) is 1.00. The third-order valence-corrected chi connectivity index (χ3v) is 6.01. The van der Waals surface area contributed by atoms with Gasteiger partial charge in [0.2, 0.25) is 0 Å². The van der Waals surface area contributed by atoms with E-state index in [0.29, 0.717) is 0 Å². The van der Waals surface area contributed by atoms with E-state index in [1.807, 2.05) is 0 Å². The fourth-order valence-corrected chi connectivity index (χ4v) is 4.59. The Morgan fingerprint density at radius 3 is 1.51 bits per heavy atom. The minimum Gasteiger partial charge on any atom is -0.379 e. The molecule has 0 N–H and O–H groups in total. The molecule has 0 aromatic rings. The van der Waals surface area contributed by atoms with E-state index in [4.69, 9.17) is 18.9 Å². The van der Waals surface area contributed by atoms with Crippen molar-refractivity contribution in [1.29, 1.82) is 0 Å². The standard InChI is InChI=1S/C15H22N6O22/c1-34-9-6(4-36-16(22)23)3-7(11(40-18(26)27)12(9)41-19(28)29)38-10-8(5-37-17(24)25)39-15(35-2)14(43-21(32)33)13(10)42-20(30)31/h6-15H,3-5H2,1-2H3/t6?,7-,8?,9-,10-,11?,12?,13?,14?,15-/m1/s1. The van der Waals surface area contributed by atoms with Crippen LogP contribution in [0.1, 0.15) is 6.42 Å². The predicted molar refractivity (Wildman–Crippen MR) is 117 cm³/mol. The summed E-state index contributed by atoms with van der Waals surface area (Å²) in [5.74, 6) is -1.30. The summed E-state index contributed by atoms with van der Waals surface area (Å²) in [5, 5.41) is 58.5. The van der Waals surface area contributed by atoms with Crippen molar-refractivity contribution >= 4 is 0 Å². The van der Waals surface area contributed by atoms with Crippen LogP contribution < -0.4 is 0 Å². The number of hydrogen-bond donors (Lipinski definition) is 0. The molecule has 0 amide bonds. The molecule has 10 atom stereocenters. The lowest BCUT2D eigenvalue weighted by molar-refractivity contribution is -0.809. The van der Waals surface area contributed by atoms with Crippen LogP contribution in [0.2, 0.25) is 0 Å². The van der Waals surface area contributed by atoms with Crippen LogP contribution in [0.25, 0.3) is 0 Å². The second kappa shape index (κ2) is 15.3. The molecule has 2 rings (SSSR count). The van der Waals surface area contributed by atoms with E-state index in [0.717, 1.165) is 14.2 Å². The van der Waals surface area contributed by atoms with Crippen molar-refractivity contribution in [3.05, 3.63) is 60.7 Å². The average molecular weight is 638 g/mol. The lowest BCUT2D eigenvalue weighted by atomic mass is 9.80. The van der Waals surface area contributed by atoms with Gasteiger partial charge in [-0.2, -0.15) is 0 Å². The Morgan fingerprint density at radius 2 is 1.05 bits per heavy atom. The van der Waals surface area contributed by atoms with Crippen LogP contribution in [0.15, 0.2) is 0 Å². The number of rotatable bonds is 18. The molecule has 244 valence electrons. The highest BCUT2D eigenvalue weighted by molar-refractivity contribution is 4.98. The van der Waals surface area contributed by atoms with Crippen molar-refractivity contribution in [2.75, 3.05) is 27.4 Å². The summed E-state index contributed by atoms with van der Waals surface area (Å²) in [6.45, 7) is -1.98. The highest BCUT2D eigenvalue weighted by Gasteiger charge is 2.56. The first kappa shape index (κ1) is 34.2. The molecule has 1 heterocycles. The molecule has 43 heavy (non-hydrogen) atoms. The third kappa shape index (κ3) is 9.54. The van der Waals surface area contributed by atoms with Crippen LogP contribution in [0.5, 0.6) is 0 Å². The zero-order chi connectivity index (χ0) is 32.4. The molecule has 1 aliphatic carbocycles. The molecule has 28 heteroatoms. The summed E-state index contributed by atoms with van der Waals surface area (Å²) in [6, 6.07) is 0. The maximum Gasteiger partial charge on any atom is 0.295 e. The number of ether oxygens (including phenoxy) is 4. The van der Waals surface area contributed by atoms with Gasteiger partial charge in [-0.15, -0.1) is 60.7 Å². The van der Waals surface area contributed by atoms with E-state index < -0.39 is 111 Å². The van der Waals surface area contributed by atoms with E-state index in [1.54, 1.807) is 0 Å². The summed E-state index contributed by atoms with van der Waals surface area (Å²) < 4.78 is 21.1. The van der Waals surface area contributed by atoms with Gasteiger partial charge in [-0.1, -0.05) is 0 Å². The topological polar surface area (TPSA) is 351 Å². The average Bonchev–Trinajstić information content (AvgIpc) is 2.89. The van der Waals surface area contributed by atoms with Crippen LogP contribution in [-0.4, -0.2) is 113 Å². The Morgan fingerprint density at radius 1 is 0.581 bits per heavy atom. The number of methoxy groups -OCH3 is 2. The zero-order valence-electron chi connectivity index (χ0n) is 21.6. The van der Waals surface area contributed by atoms with E-state index in [-0.39, 0.29) is 0 Å². The maximum atomic E-state index is 11.3. The van der Waals surface area contributed by atoms with Crippen LogP contribution in [-0.2, 0) is 48.0 Å². The Kier molecular flexibility index (Phi) is 12.2. The van der Waals surface area contributed by atoms with Gasteiger partial charge in [-0.3, -0.25) is 0 Å². The summed E-state index contributed by atoms with van der Waals surface area (Å²) >= 11 is 0. The second-order valence-corrected chi connectivity index (χ2v) is 8.33. The Bertz CT molecular complexity index is 1030. The van der Waals surface area contributed by atoms with Crippen molar-refractivity contribution in [2.24, 2.45) is 5.92 Å². The number of nitrogens with zero attached hydrogens (tertiary/aromatic N) is 6. The van der Waals surface area contributed by atoms with E-state index >= 15 is 0 Å². The first-order chi connectivity index (χ1) is 20.2. The van der Waals surface area contributed by atoms with Crippen LogP contribution in [0.4, 0.5) is 0 Å². The molecule has 2 aliphatic rings. The van der Waals surface area contributed by atoms with Gasteiger partial charge >= 0.3 is 0 Å². The van der Waals surface area contributed by atoms with Gasteiger partial charge in [0.1, 0.15) is 25.4 Å². The molecule has 1 aliphatic heterocycles. The highest BCUT2D eigenvalue weighted by Crippen LogP contribution is 2.37. The highest BCUT2D eigenvalue weighted by atomic mass is 17.0. The molecule has 0 spiro atoms. The smallest absolute Gasteiger partial charge is 0.295 e. The molecule has 2 fully saturated rings. The first-order valence-corrected chi connectivity index (χ1v) is 11.3. The summed E-state index contributed by atoms with van der Waals surface area (Å²) in [4.78, 5) is 93.3. The van der Waals surface area contributed by atoms with Gasteiger partial charge in [-0.25, -0.2) is 0 Å². The van der Waals surface area contributed by atoms with Crippen molar-refractivity contribution < 1.29 is 78.5 Å². The molecular formula is C15H22N6O22. The molecule has 6 unspecified atom stereocenters. The van der Waals surface area contributed by atoms with Crippen LogP contribution in [0, 0.1) is 66.6 Å².